The number of primary amides is 1. The van der Waals surface area contributed by atoms with Crippen LogP contribution in [0.5, 0.6) is 0 Å². The molecule has 0 aliphatic carbocycles. The van der Waals surface area contributed by atoms with Crippen molar-refractivity contribution in [2.45, 2.75) is 108 Å². The molecular weight excluding hydrogens is 702 g/mol. The van der Waals surface area contributed by atoms with Gasteiger partial charge in [-0.05, 0) is 51.4 Å². The molecule has 0 aromatic carbocycles. The molecule has 0 aliphatic rings. The Morgan fingerprint density at radius 2 is 1.09 bits per heavy atom. The number of aliphatic imine (C=N–C) groups is 2. The number of carbonyl (C=O) groups excluding carboxylic acids is 6. The fourth-order valence-electron chi connectivity index (χ4n) is 4.61. The zero-order valence-electron chi connectivity index (χ0n) is 30.2. The van der Waals surface area contributed by atoms with Gasteiger partial charge in [0, 0.05) is 19.5 Å². The molecule has 23 nitrogen and oxygen atoms in total. The molecule has 0 spiro atoms. The second-order valence-corrected chi connectivity index (χ2v) is 12.6. The van der Waals surface area contributed by atoms with Gasteiger partial charge in [0.15, 0.2) is 11.9 Å². The molecule has 0 fully saturated rings. The molecule has 0 aliphatic heterocycles. The van der Waals surface area contributed by atoms with Gasteiger partial charge >= 0.3 is 5.97 Å². The van der Waals surface area contributed by atoms with Gasteiger partial charge in [-0.15, -0.1) is 0 Å². The number of nitrogens with one attached hydrogen (secondary N) is 5. The maximum Gasteiger partial charge on any atom is 0.326 e. The van der Waals surface area contributed by atoms with E-state index in [1.165, 1.54) is 0 Å². The highest BCUT2D eigenvalue weighted by Crippen LogP contribution is 2.08. The minimum atomic E-state index is -1.72. The number of hydrogen-bond donors (Lipinski definition) is 14. The summed E-state index contributed by atoms with van der Waals surface area (Å²) in [5.74, 6) is -7.49. The first-order valence-corrected chi connectivity index (χ1v) is 16.9. The third kappa shape index (κ3) is 20.4. The number of aliphatic hydroxyl groups is 2. The Kier molecular flexibility index (Phi) is 22.3. The number of carbonyl (C=O) groups is 7. The molecule has 0 aromatic rings. The zero-order valence-corrected chi connectivity index (χ0v) is 30.2. The highest BCUT2D eigenvalue weighted by Gasteiger charge is 2.34. The first kappa shape index (κ1) is 47.7. The van der Waals surface area contributed by atoms with Crippen LogP contribution in [0, 0.1) is 5.92 Å². The summed E-state index contributed by atoms with van der Waals surface area (Å²) in [6, 6.07) is -8.62. The fraction of sp³-hybridized carbons (Fsp3) is 0.700. The van der Waals surface area contributed by atoms with Crippen molar-refractivity contribution in [3.05, 3.63) is 0 Å². The molecule has 0 bridgehead atoms. The van der Waals surface area contributed by atoms with Gasteiger partial charge in [0.1, 0.15) is 30.2 Å². The van der Waals surface area contributed by atoms with E-state index in [1.54, 1.807) is 13.8 Å². The van der Waals surface area contributed by atoms with E-state index in [0.717, 1.165) is 6.92 Å². The van der Waals surface area contributed by atoms with Crippen LogP contribution in [0.1, 0.15) is 65.7 Å². The normalized spacial score (nSPS) is 14.8. The van der Waals surface area contributed by atoms with E-state index in [1.807, 2.05) is 0 Å². The molecule has 0 aromatic heterocycles. The van der Waals surface area contributed by atoms with Gasteiger partial charge in [0.05, 0.1) is 18.8 Å². The Morgan fingerprint density at radius 1 is 0.623 bits per heavy atom. The second-order valence-electron chi connectivity index (χ2n) is 12.6. The van der Waals surface area contributed by atoms with Crippen LogP contribution in [-0.2, 0) is 33.6 Å². The summed E-state index contributed by atoms with van der Waals surface area (Å²) < 4.78 is 0. The molecular formula is C30H57N13O10. The molecule has 0 saturated heterocycles. The quantitative estimate of drug-likeness (QED) is 0.0222. The Hall–Kier alpha value is -5.29. The molecule has 302 valence electrons. The van der Waals surface area contributed by atoms with E-state index in [2.05, 4.69) is 36.6 Å². The molecule has 20 N–H and O–H groups in total. The molecule has 0 radical (unpaired) electrons. The maximum absolute atomic E-state index is 13.4. The summed E-state index contributed by atoms with van der Waals surface area (Å²) in [6.45, 7) is 3.90. The van der Waals surface area contributed by atoms with Crippen molar-refractivity contribution in [2.75, 3.05) is 19.7 Å². The maximum atomic E-state index is 13.4. The van der Waals surface area contributed by atoms with E-state index in [4.69, 9.17) is 34.4 Å². The predicted molar refractivity (Wildman–Crippen MR) is 192 cm³/mol. The number of carboxylic acids is 1. The van der Waals surface area contributed by atoms with E-state index in [0.29, 0.717) is 6.42 Å². The van der Waals surface area contributed by atoms with Crippen molar-refractivity contribution in [1.29, 1.82) is 0 Å². The van der Waals surface area contributed by atoms with Crippen molar-refractivity contribution in [3.63, 3.8) is 0 Å². The van der Waals surface area contributed by atoms with Crippen molar-refractivity contribution in [1.82, 2.24) is 26.6 Å². The SMILES string of the molecule is CC(C)C[C@H](NC(=O)[C@H](CO)NC(=O)[C@@H](NC(=O)[C@H](CCCN=C(N)N)NC(=O)[C@@H](N)CCCN=C(N)N)[C@@H](C)O)C(=O)N[C@@H](CCC(N)=O)C(=O)O. The fourth-order valence-corrected chi connectivity index (χ4v) is 4.61. The Bertz CT molecular complexity index is 1300. The van der Waals surface area contributed by atoms with E-state index >= 15 is 0 Å². The summed E-state index contributed by atoms with van der Waals surface area (Å²) in [5.41, 5.74) is 32.3. The lowest BCUT2D eigenvalue weighted by molar-refractivity contribution is -0.142. The van der Waals surface area contributed by atoms with Crippen LogP contribution in [0.4, 0.5) is 0 Å². The van der Waals surface area contributed by atoms with E-state index in [-0.39, 0.29) is 69.5 Å². The summed E-state index contributed by atoms with van der Waals surface area (Å²) in [4.78, 5) is 96.1. The molecule has 0 rings (SSSR count). The smallest absolute Gasteiger partial charge is 0.326 e. The number of hydrogen-bond acceptors (Lipinski definition) is 12. The zero-order chi connectivity index (χ0) is 40.8. The summed E-state index contributed by atoms with van der Waals surface area (Å²) in [6.07, 6.45) is -1.54. The topological polar surface area (TPSA) is 421 Å². The van der Waals surface area contributed by atoms with Gasteiger partial charge in [0.2, 0.25) is 35.4 Å². The molecule has 0 heterocycles. The van der Waals surface area contributed by atoms with Crippen molar-refractivity contribution in [2.24, 2.45) is 50.3 Å². The van der Waals surface area contributed by atoms with Gasteiger partial charge in [-0.25, -0.2) is 4.79 Å². The van der Waals surface area contributed by atoms with Gasteiger partial charge in [-0.3, -0.25) is 38.8 Å². The number of rotatable bonds is 26. The molecule has 6 amide bonds. The molecule has 23 heteroatoms. The van der Waals surface area contributed by atoms with Crippen molar-refractivity contribution in [3.8, 4) is 0 Å². The number of aliphatic hydroxyl groups excluding tert-OH is 2. The largest absolute Gasteiger partial charge is 0.480 e. The molecule has 0 unspecified atom stereocenters. The monoisotopic (exact) mass is 759 g/mol. The predicted octanol–water partition coefficient (Wildman–Crippen LogP) is -6.39. The Balaban J connectivity index is 5.90. The van der Waals surface area contributed by atoms with Crippen molar-refractivity contribution < 1.29 is 48.9 Å². The average molecular weight is 760 g/mol. The first-order valence-electron chi connectivity index (χ1n) is 16.9. The number of amides is 6. The lowest BCUT2D eigenvalue weighted by Crippen LogP contribution is -2.62. The van der Waals surface area contributed by atoms with Crippen LogP contribution in [0.3, 0.4) is 0 Å². The lowest BCUT2D eigenvalue weighted by atomic mass is 10.0. The van der Waals surface area contributed by atoms with Crippen LogP contribution in [0.25, 0.3) is 0 Å². The second kappa shape index (κ2) is 24.8. The first-order chi connectivity index (χ1) is 24.7. The van der Waals surface area contributed by atoms with Crippen LogP contribution < -0.4 is 61.0 Å². The molecule has 53 heavy (non-hydrogen) atoms. The third-order valence-electron chi connectivity index (χ3n) is 7.39. The Morgan fingerprint density at radius 3 is 1.57 bits per heavy atom. The van der Waals surface area contributed by atoms with Gasteiger partial charge in [0.25, 0.3) is 0 Å². The van der Waals surface area contributed by atoms with Gasteiger partial charge < -0.3 is 76.3 Å². The average Bonchev–Trinajstić information content (AvgIpc) is 3.05. The van der Waals surface area contributed by atoms with Crippen LogP contribution >= 0.6 is 0 Å². The van der Waals surface area contributed by atoms with Crippen LogP contribution in [-0.4, -0.2) is 131 Å². The van der Waals surface area contributed by atoms with Crippen molar-refractivity contribution >= 4 is 53.3 Å². The van der Waals surface area contributed by atoms with Gasteiger partial charge in [-0.1, -0.05) is 13.8 Å². The van der Waals surface area contributed by atoms with Crippen LogP contribution in [0.15, 0.2) is 9.98 Å². The summed E-state index contributed by atoms with van der Waals surface area (Å²) >= 11 is 0. The number of nitrogens with two attached hydrogens (primary N) is 6. The van der Waals surface area contributed by atoms with E-state index in [9.17, 15) is 48.9 Å². The third-order valence-corrected chi connectivity index (χ3v) is 7.39. The molecule has 7 atom stereocenters. The lowest BCUT2D eigenvalue weighted by Gasteiger charge is -2.28. The standard InChI is InChI=1S/C30H57N13O10/c1-14(2)12-19(25(49)40-18(28(52)53)8-9-21(32)46)41-26(50)20(13-44)42-27(51)22(15(3)45)43-24(48)17(7-5-11-38-30(35)36)39-23(47)16(31)6-4-10-37-29(33)34/h14-20,22,44-45H,4-13,31H2,1-3H3,(H2,32,46)(H,39,47)(H,40,49)(H,41,50)(H,42,51)(H,43,48)(H,52,53)(H4,33,34,37)(H4,35,36,38)/t15-,16+,17+,18+,19+,20+,22+/m1/s1. The highest BCUT2D eigenvalue weighted by atomic mass is 16.4. The Labute approximate surface area is 306 Å². The number of carboxylic acid groups (broad SMARTS) is 1. The summed E-state index contributed by atoms with van der Waals surface area (Å²) in [7, 11) is 0. The number of nitrogens with zero attached hydrogens (tertiary/aromatic N) is 2. The highest BCUT2D eigenvalue weighted by molar-refractivity contribution is 5.96. The minimum Gasteiger partial charge on any atom is -0.480 e. The van der Waals surface area contributed by atoms with E-state index < -0.39 is 90.4 Å². The van der Waals surface area contributed by atoms with Gasteiger partial charge in [-0.2, -0.15) is 0 Å². The van der Waals surface area contributed by atoms with Crippen LogP contribution in [0.2, 0.25) is 0 Å². The summed E-state index contributed by atoms with van der Waals surface area (Å²) in [5, 5.41) is 41.5. The minimum absolute atomic E-state index is 0.00833. The number of guanidine groups is 2. The number of aliphatic carboxylic acids is 1. The molecule has 0 saturated carbocycles.